The number of carbonyl (C=O) groups is 2. The van der Waals surface area contributed by atoms with E-state index in [2.05, 4.69) is 5.32 Å². The molecule has 1 saturated heterocycles. The fourth-order valence-electron chi connectivity index (χ4n) is 2.98. The molecule has 23 heavy (non-hydrogen) atoms. The van der Waals surface area contributed by atoms with Crippen LogP contribution in [0.1, 0.15) is 31.4 Å². The summed E-state index contributed by atoms with van der Waals surface area (Å²) in [6.07, 6.45) is 0.843. The zero-order valence-corrected chi connectivity index (χ0v) is 14.2. The van der Waals surface area contributed by atoms with Gasteiger partial charge < -0.3 is 15.3 Å². The second kappa shape index (κ2) is 7.79. The largest absolute Gasteiger partial charge is 0.396 e. The number of likely N-dealkylation sites (tertiary alicyclic amines) is 1. The van der Waals surface area contributed by atoms with E-state index in [0.717, 1.165) is 5.56 Å². The minimum absolute atomic E-state index is 0.0430. The molecular formula is C17H23ClN2O3. The van der Waals surface area contributed by atoms with E-state index in [1.165, 1.54) is 0 Å². The number of benzene rings is 1. The first-order chi connectivity index (χ1) is 10.9. The highest BCUT2D eigenvalue weighted by molar-refractivity contribution is 6.30. The van der Waals surface area contributed by atoms with E-state index in [4.69, 9.17) is 16.7 Å². The Labute approximate surface area is 141 Å². The molecule has 3 atom stereocenters. The van der Waals surface area contributed by atoms with Gasteiger partial charge in [0, 0.05) is 31.6 Å². The third kappa shape index (κ3) is 4.24. The van der Waals surface area contributed by atoms with Gasteiger partial charge in [-0.1, -0.05) is 30.7 Å². The summed E-state index contributed by atoms with van der Waals surface area (Å²) >= 11 is 6.04. The van der Waals surface area contributed by atoms with Crippen molar-refractivity contribution in [3.63, 3.8) is 0 Å². The first kappa shape index (κ1) is 17.8. The third-order valence-electron chi connectivity index (χ3n) is 4.36. The lowest BCUT2D eigenvalue weighted by molar-refractivity contribution is -0.128. The van der Waals surface area contributed by atoms with E-state index in [-0.39, 0.29) is 36.8 Å². The van der Waals surface area contributed by atoms with E-state index in [9.17, 15) is 9.59 Å². The van der Waals surface area contributed by atoms with Crippen molar-refractivity contribution >= 4 is 23.4 Å². The molecule has 1 aromatic rings. The fraction of sp³-hybridized carbons (Fsp3) is 0.529. The SMILES string of the molecule is CC(CCO)CNC(=O)C1CC(=O)N(C)C1c1cccc(Cl)c1. The van der Waals surface area contributed by atoms with Crippen LogP contribution in [0, 0.1) is 11.8 Å². The van der Waals surface area contributed by atoms with Crippen LogP contribution < -0.4 is 5.32 Å². The van der Waals surface area contributed by atoms with Gasteiger partial charge in [0.15, 0.2) is 0 Å². The Balaban J connectivity index is 2.12. The maximum atomic E-state index is 12.5. The number of rotatable bonds is 6. The first-order valence-corrected chi connectivity index (χ1v) is 8.21. The van der Waals surface area contributed by atoms with Crippen LogP contribution in [-0.4, -0.2) is 42.0 Å². The van der Waals surface area contributed by atoms with Crippen molar-refractivity contribution < 1.29 is 14.7 Å². The van der Waals surface area contributed by atoms with Crippen LogP contribution in [0.15, 0.2) is 24.3 Å². The van der Waals surface area contributed by atoms with E-state index < -0.39 is 5.92 Å². The van der Waals surface area contributed by atoms with Crippen molar-refractivity contribution in [1.29, 1.82) is 0 Å². The van der Waals surface area contributed by atoms with Crippen LogP contribution in [0.4, 0.5) is 0 Å². The summed E-state index contributed by atoms with van der Waals surface area (Å²) in [5.74, 6) is -0.397. The van der Waals surface area contributed by atoms with E-state index in [1.54, 1.807) is 24.1 Å². The average Bonchev–Trinajstić information content (AvgIpc) is 2.81. The second-order valence-electron chi connectivity index (χ2n) is 6.18. The van der Waals surface area contributed by atoms with Crippen LogP contribution in [0.2, 0.25) is 5.02 Å². The van der Waals surface area contributed by atoms with Crippen molar-refractivity contribution in [1.82, 2.24) is 10.2 Å². The number of carbonyl (C=O) groups excluding carboxylic acids is 2. The molecule has 1 fully saturated rings. The van der Waals surface area contributed by atoms with Crippen LogP contribution in [0.5, 0.6) is 0 Å². The molecule has 2 rings (SSSR count). The van der Waals surface area contributed by atoms with Gasteiger partial charge in [-0.15, -0.1) is 0 Å². The van der Waals surface area contributed by atoms with Crippen molar-refractivity contribution in [3.8, 4) is 0 Å². The monoisotopic (exact) mass is 338 g/mol. The van der Waals surface area contributed by atoms with Gasteiger partial charge in [0.05, 0.1) is 12.0 Å². The van der Waals surface area contributed by atoms with Gasteiger partial charge in [-0.2, -0.15) is 0 Å². The van der Waals surface area contributed by atoms with Gasteiger partial charge >= 0.3 is 0 Å². The molecule has 2 N–H and O–H groups in total. The van der Waals surface area contributed by atoms with E-state index in [1.807, 2.05) is 19.1 Å². The normalized spacial score (nSPS) is 22.3. The molecule has 6 heteroatoms. The summed E-state index contributed by atoms with van der Waals surface area (Å²) in [5, 5.41) is 12.4. The Morgan fingerprint density at radius 3 is 2.91 bits per heavy atom. The van der Waals surface area contributed by atoms with Crippen LogP contribution in [0.25, 0.3) is 0 Å². The summed E-state index contributed by atoms with van der Waals surface area (Å²) in [7, 11) is 1.72. The molecule has 0 aromatic heterocycles. The minimum Gasteiger partial charge on any atom is -0.396 e. The molecule has 0 spiro atoms. The Morgan fingerprint density at radius 2 is 2.26 bits per heavy atom. The maximum absolute atomic E-state index is 12.5. The number of nitrogens with zero attached hydrogens (tertiary/aromatic N) is 1. The van der Waals surface area contributed by atoms with Gasteiger partial charge in [-0.25, -0.2) is 0 Å². The molecule has 126 valence electrons. The smallest absolute Gasteiger partial charge is 0.226 e. The van der Waals surface area contributed by atoms with Crippen molar-refractivity contribution in [2.45, 2.75) is 25.8 Å². The Morgan fingerprint density at radius 1 is 1.52 bits per heavy atom. The molecule has 0 saturated carbocycles. The lowest BCUT2D eigenvalue weighted by Crippen LogP contribution is -2.36. The van der Waals surface area contributed by atoms with Crippen molar-refractivity contribution in [3.05, 3.63) is 34.9 Å². The molecule has 0 aliphatic carbocycles. The first-order valence-electron chi connectivity index (χ1n) is 7.83. The van der Waals surface area contributed by atoms with Crippen LogP contribution in [0.3, 0.4) is 0 Å². The molecule has 2 amide bonds. The maximum Gasteiger partial charge on any atom is 0.226 e. The third-order valence-corrected chi connectivity index (χ3v) is 4.60. The summed E-state index contributed by atoms with van der Waals surface area (Å²) in [6.45, 7) is 2.57. The Hall–Kier alpha value is -1.59. The van der Waals surface area contributed by atoms with Crippen LogP contribution >= 0.6 is 11.6 Å². The zero-order chi connectivity index (χ0) is 17.0. The number of amides is 2. The highest BCUT2D eigenvalue weighted by Crippen LogP contribution is 2.37. The second-order valence-corrected chi connectivity index (χ2v) is 6.61. The number of nitrogens with one attached hydrogen (secondary N) is 1. The quantitative estimate of drug-likeness (QED) is 0.833. The molecule has 5 nitrogen and oxygen atoms in total. The lowest BCUT2D eigenvalue weighted by atomic mass is 9.92. The Bertz CT molecular complexity index is 579. The minimum atomic E-state index is -0.424. The highest BCUT2D eigenvalue weighted by Gasteiger charge is 2.42. The number of halogens is 1. The van der Waals surface area contributed by atoms with Gasteiger partial charge in [-0.05, 0) is 30.0 Å². The predicted molar refractivity (Wildman–Crippen MR) is 88.9 cm³/mol. The topological polar surface area (TPSA) is 69.6 Å². The average molecular weight is 339 g/mol. The summed E-state index contributed by atoms with van der Waals surface area (Å²) in [4.78, 5) is 26.2. The summed E-state index contributed by atoms with van der Waals surface area (Å²) in [6, 6.07) is 6.99. The molecule has 0 bridgehead atoms. The van der Waals surface area contributed by atoms with Gasteiger partial charge in [0.25, 0.3) is 0 Å². The predicted octanol–water partition coefficient (Wildman–Crippen LogP) is 1.99. The standard InChI is InChI=1S/C17H23ClN2O3/c1-11(6-7-21)10-19-17(23)14-9-15(22)20(2)16(14)12-4-3-5-13(18)8-12/h3-5,8,11,14,16,21H,6-7,9-10H2,1-2H3,(H,19,23). The van der Waals surface area contributed by atoms with E-state index in [0.29, 0.717) is 18.0 Å². The van der Waals surface area contributed by atoms with E-state index >= 15 is 0 Å². The zero-order valence-electron chi connectivity index (χ0n) is 13.5. The molecule has 0 radical (unpaired) electrons. The molecule has 1 aliphatic rings. The number of aliphatic hydroxyl groups excluding tert-OH is 1. The Kier molecular flexibility index (Phi) is 6.02. The van der Waals surface area contributed by atoms with Gasteiger partial charge in [0.2, 0.25) is 11.8 Å². The number of hydrogen-bond donors (Lipinski definition) is 2. The molecular weight excluding hydrogens is 316 g/mol. The summed E-state index contributed by atoms with van der Waals surface area (Å²) in [5.41, 5.74) is 0.870. The van der Waals surface area contributed by atoms with Crippen molar-refractivity contribution in [2.75, 3.05) is 20.2 Å². The lowest BCUT2D eigenvalue weighted by Gasteiger charge is -2.25. The summed E-state index contributed by atoms with van der Waals surface area (Å²) < 4.78 is 0. The van der Waals surface area contributed by atoms with Gasteiger partial charge in [-0.3, -0.25) is 9.59 Å². The van der Waals surface area contributed by atoms with Crippen molar-refractivity contribution in [2.24, 2.45) is 11.8 Å². The van der Waals surface area contributed by atoms with Gasteiger partial charge in [0.1, 0.15) is 0 Å². The molecule has 1 aliphatic heterocycles. The molecule has 1 aromatic carbocycles. The molecule has 1 heterocycles. The van der Waals surface area contributed by atoms with Crippen LogP contribution in [-0.2, 0) is 9.59 Å². The highest BCUT2D eigenvalue weighted by atomic mass is 35.5. The number of aliphatic hydroxyl groups is 1. The molecule has 3 unspecified atom stereocenters. The fourth-order valence-corrected chi connectivity index (χ4v) is 3.18. The number of hydrogen-bond acceptors (Lipinski definition) is 3.